The normalized spacial score (nSPS) is 18.0. The molecule has 0 spiro atoms. The molecule has 0 aliphatic carbocycles. The first-order chi connectivity index (χ1) is 10.5. The summed E-state index contributed by atoms with van der Waals surface area (Å²) in [7, 11) is 1.22. The zero-order chi connectivity index (χ0) is 16.3. The number of methoxy groups -OCH3 is 1. The summed E-state index contributed by atoms with van der Waals surface area (Å²) in [5.74, 6) is -1.09. The molecule has 1 aromatic rings. The second-order valence-corrected chi connectivity index (χ2v) is 6.40. The Balaban J connectivity index is 2.23. The van der Waals surface area contributed by atoms with Gasteiger partial charge in [0.1, 0.15) is 6.04 Å². The lowest BCUT2D eigenvalue weighted by Crippen LogP contribution is -2.42. The lowest BCUT2D eigenvalue weighted by Gasteiger charge is -2.18. The molecule has 2 rings (SSSR count). The number of carbonyl (C=O) groups is 3. The van der Waals surface area contributed by atoms with E-state index in [1.54, 1.807) is 17.8 Å². The molecule has 0 N–H and O–H groups in total. The van der Waals surface area contributed by atoms with Crippen molar-refractivity contribution in [1.29, 1.82) is 0 Å². The van der Waals surface area contributed by atoms with Crippen molar-refractivity contribution in [2.24, 2.45) is 0 Å². The lowest BCUT2D eigenvalue weighted by atomic mass is 10.2. The van der Waals surface area contributed by atoms with Crippen LogP contribution in [-0.4, -0.2) is 41.4 Å². The Bertz CT molecular complexity index is 639. The number of nitrogens with zero attached hydrogens (tertiary/aromatic N) is 1. The third-order valence-corrected chi connectivity index (χ3v) is 4.79. The standard InChI is InChI=1S/C15H15NO4S2/c1-9(14(18)20-2)16-13(17)12(22-15(16)19)8-10-4-6-11(21-3)7-5-10/h4-9H,1-3H3/b12-8+. The number of rotatable bonds is 4. The highest BCUT2D eigenvalue weighted by molar-refractivity contribution is 8.18. The zero-order valence-corrected chi connectivity index (χ0v) is 14.0. The minimum Gasteiger partial charge on any atom is -0.467 e. The summed E-state index contributed by atoms with van der Waals surface area (Å²) in [4.78, 5) is 38.1. The number of amides is 2. The van der Waals surface area contributed by atoms with Gasteiger partial charge in [-0.15, -0.1) is 11.8 Å². The van der Waals surface area contributed by atoms with Gasteiger partial charge in [0, 0.05) is 4.90 Å². The molecule has 1 aliphatic rings. The molecule has 0 saturated carbocycles. The fraction of sp³-hybridized carbons (Fsp3) is 0.267. The van der Waals surface area contributed by atoms with Crippen molar-refractivity contribution in [2.75, 3.05) is 13.4 Å². The Morgan fingerprint density at radius 1 is 1.32 bits per heavy atom. The van der Waals surface area contributed by atoms with Crippen LogP contribution in [0.3, 0.4) is 0 Å². The molecule has 1 aromatic carbocycles. The molecular weight excluding hydrogens is 322 g/mol. The maximum absolute atomic E-state index is 12.3. The number of hydrogen-bond donors (Lipinski definition) is 0. The van der Waals surface area contributed by atoms with Gasteiger partial charge in [-0.3, -0.25) is 14.5 Å². The first kappa shape index (κ1) is 16.6. The number of imide groups is 1. The fourth-order valence-corrected chi connectivity index (χ4v) is 3.26. The van der Waals surface area contributed by atoms with E-state index >= 15 is 0 Å². The maximum atomic E-state index is 12.3. The van der Waals surface area contributed by atoms with Crippen LogP contribution in [0, 0.1) is 0 Å². The van der Waals surface area contributed by atoms with Crippen molar-refractivity contribution in [1.82, 2.24) is 4.90 Å². The average Bonchev–Trinajstić information content (AvgIpc) is 2.80. The average molecular weight is 337 g/mol. The molecule has 1 unspecified atom stereocenters. The summed E-state index contributed by atoms with van der Waals surface area (Å²) in [5, 5.41) is -0.463. The highest BCUT2D eigenvalue weighted by Crippen LogP contribution is 2.34. The molecule has 1 saturated heterocycles. The Labute approximate surface area is 137 Å². The van der Waals surface area contributed by atoms with Gasteiger partial charge in [0.2, 0.25) is 0 Å². The number of ether oxygens (including phenoxy) is 1. The van der Waals surface area contributed by atoms with E-state index in [4.69, 9.17) is 0 Å². The minimum atomic E-state index is -0.928. The Morgan fingerprint density at radius 3 is 2.50 bits per heavy atom. The lowest BCUT2D eigenvalue weighted by molar-refractivity contribution is -0.148. The van der Waals surface area contributed by atoms with Gasteiger partial charge in [0.15, 0.2) is 0 Å². The van der Waals surface area contributed by atoms with Gasteiger partial charge >= 0.3 is 5.97 Å². The van der Waals surface area contributed by atoms with E-state index < -0.39 is 23.2 Å². The highest BCUT2D eigenvalue weighted by atomic mass is 32.2. The summed E-state index contributed by atoms with van der Waals surface area (Å²) in [6.45, 7) is 1.47. The molecule has 1 fully saturated rings. The van der Waals surface area contributed by atoms with Crippen molar-refractivity contribution in [3.8, 4) is 0 Å². The van der Waals surface area contributed by atoms with Crippen LogP contribution in [0.25, 0.3) is 6.08 Å². The van der Waals surface area contributed by atoms with Gasteiger partial charge < -0.3 is 4.74 Å². The zero-order valence-electron chi connectivity index (χ0n) is 12.4. The van der Waals surface area contributed by atoms with Crippen LogP contribution in [0.5, 0.6) is 0 Å². The summed E-state index contributed by atoms with van der Waals surface area (Å²) in [5.41, 5.74) is 0.828. The number of thioether (sulfide) groups is 2. The van der Waals surface area contributed by atoms with Crippen LogP contribution in [0.2, 0.25) is 0 Å². The molecule has 0 aromatic heterocycles. The van der Waals surface area contributed by atoms with Gasteiger partial charge in [-0.2, -0.15) is 0 Å². The highest BCUT2D eigenvalue weighted by Gasteiger charge is 2.41. The first-order valence-electron chi connectivity index (χ1n) is 6.47. The molecule has 1 atom stereocenters. The van der Waals surface area contributed by atoms with Crippen molar-refractivity contribution in [3.05, 3.63) is 34.7 Å². The number of esters is 1. The van der Waals surface area contributed by atoms with Crippen LogP contribution in [0.1, 0.15) is 12.5 Å². The monoisotopic (exact) mass is 337 g/mol. The van der Waals surface area contributed by atoms with Crippen molar-refractivity contribution in [3.63, 3.8) is 0 Å². The van der Waals surface area contributed by atoms with E-state index in [1.165, 1.54) is 14.0 Å². The quantitative estimate of drug-likeness (QED) is 0.478. The SMILES string of the molecule is COC(=O)C(C)N1C(=O)S/C(=C/c2ccc(SC)cc2)C1=O. The van der Waals surface area contributed by atoms with Gasteiger partial charge in [0.05, 0.1) is 12.0 Å². The minimum absolute atomic E-state index is 0.303. The summed E-state index contributed by atoms with van der Waals surface area (Å²) in [6, 6.07) is 6.71. The van der Waals surface area contributed by atoms with Gasteiger partial charge in [-0.25, -0.2) is 4.79 Å². The van der Waals surface area contributed by atoms with Crippen LogP contribution in [0.4, 0.5) is 4.79 Å². The largest absolute Gasteiger partial charge is 0.467 e. The first-order valence-corrected chi connectivity index (χ1v) is 8.51. The van der Waals surface area contributed by atoms with Crippen molar-refractivity contribution >= 4 is 46.7 Å². The van der Waals surface area contributed by atoms with E-state index in [2.05, 4.69) is 4.74 Å². The number of hydrogen-bond acceptors (Lipinski definition) is 6. The van der Waals surface area contributed by atoms with Crippen LogP contribution in [-0.2, 0) is 14.3 Å². The second kappa shape index (κ2) is 7.02. The van der Waals surface area contributed by atoms with E-state index in [0.29, 0.717) is 4.91 Å². The predicted molar refractivity (Wildman–Crippen MR) is 87.5 cm³/mol. The smallest absolute Gasteiger partial charge is 0.328 e. The summed E-state index contributed by atoms with van der Waals surface area (Å²) < 4.78 is 4.58. The third kappa shape index (κ3) is 3.36. The molecule has 22 heavy (non-hydrogen) atoms. The Kier molecular flexibility index (Phi) is 5.31. The van der Waals surface area contributed by atoms with Crippen LogP contribution < -0.4 is 0 Å². The molecular formula is C15H15NO4S2. The van der Waals surface area contributed by atoms with E-state index in [9.17, 15) is 14.4 Å². The van der Waals surface area contributed by atoms with Gasteiger partial charge in [-0.1, -0.05) is 12.1 Å². The maximum Gasteiger partial charge on any atom is 0.328 e. The van der Waals surface area contributed by atoms with Crippen LogP contribution in [0.15, 0.2) is 34.1 Å². The molecule has 1 heterocycles. The molecule has 7 heteroatoms. The third-order valence-electron chi connectivity index (χ3n) is 3.17. The van der Waals surface area contributed by atoms with Gasteiger partial charge in [0.25, 0.3) is 11.1 Å². The predicted octanol–water partition coefficient (Wildman–Crippen LogP) is 3.01. The number of carbonyl (C=O) groups excluding carboxylic acids is 3. The van der Waals surface area contributed by atoms with E-state index in [-0.39, 0.29) is 0 Å². The van der Waals surface area contributed by atoms with Crippen molar-refractivity contribution < 1.29 is 19.1 Å². The Morgan fingerprint density at radius 2 is 1.95 bits per heavy atom. The molecule has 0 radical (unpaired) electrons. The molecule has 1 aliphatic heterocycles. The topological polar surface area (TPSA) is 63.7 Å². The van der Waals surface area contributed by atoms with Crippen molar-refractivity contribution in [2.45, 2.75) is 17.9 Å². The molecule has 116 valence electrons. The number of benzene rings is 1. The van der Waals surface area contributed by atoms with Gasteiger partial charge in [-0.05, 0) is 48.7 Å². The second-order valence-electron chi connectivity index (χ2n) is 4.52. The summed E-state index contributed by atoms with van der Waals surface area (Å²) >= 11 is 2.45. The van der Waals surface area contributed by atoms with E-state index in [1.807, 2.05) is 30.5 Å². The Hall–Kier alpha value is -1.73. The fourth-order valence-electron chi connectivity index (χ4n) is 1.94. The van der Waals surface area contributed by atoms with Crippen LogP contribution >= 0.6 is 23.5 Å². The molecule has 0 bridgehead atoms. The molecule has 5 nitrogen and oxygen atoms in total. The van der Waals surface area contributed by atoms with E-state index in [0.717, 1.165) is 27.1 Å². The molecule has 2 amide bonds. The summed E-state index contributed by atoms with van der Waals surface area (Å²) in [6.07, 6.45) is 3.63.